The molecule has 2 amide bonds. The lowest BCUT2D eigenvalue weighted by atomic mass is 10.1. The van der Waals surface area contributed by atoms with E-state index in [-0.39, 0.29) is 0 Å². The molecule has 0 radical (unpaired) electrons. The fraction of sp³-hybridized carbons (Fsp3) is 0.364. The number of carbonyl (C=O) groups excluding carboxylic acids is 2. The Morgan fingerprint density at radius 1 is 1.35 bits per heavy atom. The molecule has 0 atom stereocenters. The van der Waals surface area contributed by atoms with Crippen LogP contribution in [0.1, 0.15) is 26.5 Å². The minimum atomic E-state index is -0.817. The molecule has 0 aromatic carbocycles. The first-order chi connectivity index (χ1) is 7.88. The van der Waals surface area contributed by atoms with Gasteiger partial charge in [-0.25, -0.2) is 5.43 Å². The van der Waals surface area contributed by atoms with Gasteiger partial charge < -0.3 is 9.73 Å². The zero-order valence-corrected chi connectivity index (χ0v) is 9.98. The van der Waals surface area contributed by atoms with Gasteiger partial charge in [0, 0.05) is 5.54 Å². The second-order valence-corrected chi connectivity index (χ2v) is 4.42. The maximum Gasteiger partial charge on any atom is 0.329 e. The monoisotopic (exact) mass is 237 g/mol. The smallest absolute Gasteiger partial charge is 0.329 e. The van der Waals surface area contributed by atoms with E-state index in [0.29, 0.717) is 5.76 Å². The molecule has 0 aliphatic heterocycles. The van der Waals surface area contributed by atoms with Crippen molar-refractivity contribution in [2.75, 3.05) is 0 Å². The SMILES string of the molecule is CC(C)(C)NC(=O)C(=O)N/N=C\c1ccco1. The van der Waals surface area contributed by atoms with Crippen LogP contribution in [0.2, 0.25) is 0 Å². The number of hydrogen-bond acceptors (Lipinski definition) is 4. The molecule has 92 valence electrons. The van der Waals surface area contributed by atoms with E-state index < -0.39 is 17.4 Å². The summed E-state index contributed by atoms with van der Waals surface area (Å²) in [5.74, 6) is -1.06. The highest BCUT2D eigenvalue weighted by Crippen LogP contribution is 1.97. The molecule has 17 heavy (non-hydrogen) atoms. The largest absolute Gasteiger partial charge is 0.463 e. The Bertz CT molecular complexity index is 416. The summed E-state index contributed by atoms with van der Waals surface area (Å²) in [6.45, 7) is 5.35. The maximum absolute atomic E-state index is 11.3. The fourth-order valence-electron chi connectivity index (χ4n) is 0.967. The molecule has 0 spiro atoms. The van der Waals surface area contributed by atoms with Crippen LogP contribution in [0.4, 0.5) is 0 Å². The fourth-order valence-corrected chi connectivity index (χ4v) is 0.967. The summed E-state index contributed by atoms with van der Waals surface area (Å²) in [7, 11) is 0. The van der Waals surface area contributed by atoms with Gasteiger partial charge in [0.15, 0.2) is 0 Å². The third-order valence-electron chi connectivity index (χ3n) is 1.60. The predicted molar refractivity (Wildman–Crippen MR) is 62.3 cm³/mol. The standard InChI is InChI=1S/C11H15N3O3/c1-11(2,3)13-9(15)10(16)14-12-7-8-5-4-6-17-8/h4-7H,1-3H3,(H,13,15)(H,14,16)/b12-7-. The molecular weight excluding hydrogens is 222 g/mol. The van der Waals surface area contributed by atoms with E-state index in [4.69, 9.17) is 4.42 Å². The lowest BCUT2D eigenvalue weighted by Crippen LogP contribution is -2.47. The van der Waals surface area contributed by atoms with Gasteiger partial charge in [-0.05, 0) is 32.9 Å². The van der Waals surface area contributed by atoms with Crippen LogP contribution in [0.25, 0.3) is 0 Å². The Morgan fingerprint density at radius 2 is 2.06 bits per heavy atom. The van der Waals surface area contributed by atoms with Crippen molar-refractivity contribution in [2.24, 2.45) is 5.10 Å². The summed E-state index contributed by atoms with van der Waals surface area (Å²) in [5, 5.41) is 6.10. The van der Waals surface area contributed by atoms with E-state index >= 15 is 0 Å². The van der Waals surface area contributed by atoms with Crippen molar-refractivity contribution in [3.8, 4) is 0 Å². The molecule has 1 aromatic rings. The summed E-state index contributed by atoms with van der Waals surface area (Å²) < 4.78 is 4.96. The molecule has 0 saturated heterocycles. The lowest BCUT2D eigenvalue weighted by molar-refractivity contribution is -0.140. The molecule has 1 rings (SSSR count). The Morgan fingerprint density at radius 3 is 2.59 bits per heavy atom. The van der Waals surface area contributed by atoms with Gasteiger partial charge in [0.25, 0.3) is 0 Å². The number of nitrogens with zero attached hydrogens (tertiary/aromatic N) is 1. The molecule has 0 fully saturated rings. The highest BCUT2D eigenvalue weighted by Gasteiger charge is 2.19. The summed E-state index contributed by atoms with van der Waals surface area (Å²) in [6.07, 6.45) is 2.79. The van der Waals surface area contributed by atoms with E-state index in [2.05, 4.69) is 15.8 Å². The van der Waals surface area contributed by atoms with E-state index in [0.717, 1.165) is 0 Å². The zero-order valence-electron chi connectivity index (χ0n) is 9.98. The van der Waals surface area contributed by atoms with Crippen LogP contribution in [0.5, 0.6) is 0 Å². The number of nitrogens with one attached hydrogen (secondary N) is 2. The average molecular weight is 237 g/mol. The Kier molecular flexibility index (Phi) is 4.03. The molecule has 1 heterocycles. The van der Waals surface area contributed by atoms with Gasteiger partial charge in [-0.3, -0.25) is 9.59 Å². The second-order valence-electron chi connectivity index (χ2n) is 4.42. The summed E-state index contributed by atoms with van der Waals surface area (Å²) in [4.78, 5) is 22.6. The Hall–Kier alpha value is -2.11. The first-order valence-corrected chi connectivity index (χ1v) is 5.07. The Balaban J connectivity index is 2.42. The Labute approximate surface area is 99.1 Å². The minimum Gasteiger partial charge on any atom is -0.463 e. The first kappa shape index (κ1) is 13.0. The molecule has 1 aromatic heterocycles. The lowest BCUT2D eigenvalue weighted by Gasteiger charge is -2.19. The summed E-state index contributed by atoms with van der Waals surface area (Å²) >= 11 is 0. The van der Waals surface area contributed by atoms with Crippen molar-refractivity contribution in [3.63, 3.8) is 0 Å². The van der Waals surface area contributed by atoms with Gasteiger partial charge in [-0.2, -0.15) is 5.10 Å². The molecule has 0 saturated carbocycles. The van der Waals surface area contributed by atoms with Crippen molar-refractivity contribution in [1.29, 1.82) is 0 Å². The molecule has 2 N–H and O–H groups in total. The van der Waals surface area contributed by atoms with Crippen LogP contribution >= 0.6 is 0 Å². The third kappa shape index (κ3) is 4.96. The number of carbonyl (C=O) groups is 2. The van der Waals surface area contributed by atoms with Crippen molar-refractivity contribution < 1.29 is 14.0 Å². The van der Waals surface area contributed by atoms with E-state index in [1.807, 2.05) is 0 Å². The van der Waals surface area contributed by atoms with E-state index in [9.17, 15) is 9.59 Å². The number of amides is 2. The minimum absolute atomic E-state index is 0.459. The first-order valence-electron chi connectivity index (χ1n) is 5.07. The molecule has 6 nitrogen and oxygen atoms in total. The van der Waals surface area contributed by atoms with Crippen molar-refractivity contribution in [2.45, 2.75) is 26.3 Å². The average Bonchev–Trinajstić information content (AvgIpc) is 2.67. The topological polar surface area (TPSA) is 83.7 Å². The highest BCUT2D eigenvalue weighted by molar-refractivity contribution is 6.35. The van der Waals surface area contributed by atoms with Crippen LogP contribution in [0.15, 0.2) is 27.9 Å². The molecule has 0 bridgehead atoms. The zero-order chi connectivity index (χ0) is 12.9. The predicted octanol–water partition coefficient (Wildman–Crippen LogP) is 0.644. The number of hydrazone groups is 1. The molecule has 0 aliphatic carbocycles. The van der Waals surface area contributed by atoms with E-state index in [1.165, 1.54) is 12.5 Å². The van der Waals surface area contributed by atoms with Crippen LogP contribution in [-0.2, 0) is 9.59 Å². The van der Waals surface area contributed by atoms with Crippen LogP contribution in [0, 0.1) is 0 Å². The van der Waals surface area contributed by atoms with Crippen molar-refractivity contribution in [1.82, 2.24) is 10.7 Å². The number of rotatable bonds is 2. The third-order valence-corrected chi connectivity index (χ3v) is 1.60. The van der Waals surface area contributed by atoms with Gasteiger partial charge in [0.05, 0.1) is 12.5 Å². The van der Waals surface area contributed by atoms with Crippen molar-refractivity contribution >= 4 is 18.0 Å². The van der Waals surface area contributed by atoms with Gasteiger partial charge in [-0.1, -0.05) is 0 Å². The number of hydrogen-bond donors (Lipinski definition) is 2. The van der Waals surface area contributed by atoms with Gasteiger partial charge in [0.1, 0.15) is 5.76 Å². The quantitative estimate of drug-likeness (QED) is 0.450. The number of furan rings is 1. The van der Waals surface area contributed by atoms with Crippen LogP contribution in [-0.4, -0.2) is 23.6 Å². The van der Waals surface area contributed by atoms with Gasteiger partial charge in [0.2, 0.25) is 0 Å². The molecular formula is C11H15N3O3. The van der Waals surface area contributed by atoms with Gasteiger partial charge >= 0.3 is 11.8 Å². The maximum atomic E-state index is 11.3. The van der Waals surface area contributed by atoms with Gasteiger partial charge in [-0.15, -0.1) is 0 Å². The van der Waals surface area contributed by atoms with Crippen LogP contribution < -0.4 is 10.7 Å². The molecule has 0 unspecified atom stereocenters. The normalized spacial score (nSPS) is 11.5. The summed E-state index contributed by atoms with van der Waals surface area (Å²) in [5.41, 5.74) is 1.64. The second kappa shape index (κ2) is 5.29. The molecule has 6 heteroatoms. The summed E-state index contributed by atoms with van der Waals surface area (Å²) in [6, 6.07) is 3.36. The molecule has 0 aliphatic rings. The van der Waals surface area contributed by atoms with Crippen LogP contribution in [0.3, 0.4) is 0 Å². The highest BCUT2D eigenvalue weighted by atomic mass is 16.3. The van der Waals surface area contributed by atoms with E-state index in [1.54, 1.807) is 32.9 Å². The van der Waals surface area contributed by atoms with Crippen molar-refractivity contribution in [3.05, 3.63) is 24.2 Å².